The molecule has 0 bridgehead atoms. The summed E-state index contributed by atoms with van der Waals surface area (Å²) in [5.41, 5.74) is -0.548. The zero-order chi connectivity index (χ0) is 23.9. The van der Waals surface area contributed by atoms with Gasteiger partial charge in [-0.25, -0.2) is 13.7 Å². The molecule has 32 heavy (non-hydrogen) atoms. The summed E-state index contributed by atoms with van der Waals surface area (Å²) >= 11 is 0. The summed E-state index contributed by atoms with van der Waals surface area (Å²) in [5.74, 6) is 0. The van der Waals surface area contributed by atoms with Gasteiger partial charge < -0.3 is 34.5 Å². The number of hydrogen-bond acceptors (Lipinski definition) is 10. The minimum atomic E-state index is -5.71. The van der Waals surface area contributed by atoms with E-state index >= 15 is 0 Å². The maximum Gasteiger partial charge on any atom is 0.490 e. The molecule has 0 saturated carbocycles. The second-order valence-electron chi connectivity index (χ2n) is 6.55. The Kier molecular flexibility index (Phi) is 7.26. The lowest BCUT2D eigenvalue weighted by Crippen LogP contribution is -2.35. The molecule has 0 spiro atoms. The molecule has 15 nitrogen and oxygen atoms in total. The van der Waals surface area contributed by atoms with Crippen molar-refractivity contribution in [3.05, 3.63) is 46.9 Å². The van der Waals surface area contributed by atoms with Crippen LogP contribution in [0.25, 0.3) is 10.8 Å². The maximum absolute atomic E-state index is 12.7. The van der Waals surface area contributed by atoms with Gasteiger partial charge in [0.1, 0.15) is 18.3 Å². The first-order valence-electron chi connectivity index (χ1n) is 8.59. The van der Waals surface area contributed by atoms with E-state index in [0.717, 1.165) is 4.57 Å². The van der Waals surface area contributed by atoms with Gasteiger partial charge in [0.2, 0.25) is 0 Å². The number of fused-ring (bicyclic) bond motifs is 1. The first kappa shape index (κ1) is 25.3. The van der Waals surface area contributed by atoms with Crippen LogP contribution in [0.3, 0.4) is 0 Å². The van der Waals surface area contributed by atoms with Crippen LogP contribution in [-0.4, -0.2) is 59.3 Å². The predicted octanol–water partition coefficient (Wildman–Crippen LogP) is -0.0360. The fourth-order valence-electron chi connectivity index (χ4n) is 2.97. The van der Waals surface area contributed by atoms with Gasteiger partial charge >= 0.3 is 23.5 Å². The van der Waals surface area contributed by atoms with Crippen molar-refractivity contribution in [3.8, 4) is 0 Å². The molecular formula is C14H18NO14P3. The average Bonchev–Trinajstić information content (AvgIpc) is 2.92. The molecule has 6 atom stereocenters. The van der Waals surface area contributed by atoms with E-state index in [-0.39, 0.29) is 0 Å². The standard InChI is InChI=1S/C14H18NO14P3/c16-11-10(7-26-31(22,23)29-32(24,25)28-30(19,20)21)27-14(12(11)17)15-6-5-8-3-1-2-4-9(8)13(15)18/h1-6,10-12,14,16-17H,7H2,(H,22,23)(H,24,25)(H2,19,20,21)/t10-,11-,12+,14-/m1/s1. The Morgan fingerprint density at radius 1 is 0.938 bits per heavy atom. The van der Waals surface area contributed by atoms with Crippen molar-refractivity contribution >= 4 is 34.2 Å². The normalized spacial score (nSPS) is 27.8. The third-order valence-corrected chi connectivity index (χ3v) is 8.07. The summed E-state index contributed by atoms with van der Waals surface area (Å²) in [6.07, 6.45) is -4.97. The summed E-state index contributed by atoms with van der Waals surface area (Å²) in [5, 5.41) is 21.4. The number of benzene rings is 1. The average molecular weight is 517 g/mol. The lowest BCUT2D eigenvalue weighted by molar-refractivity contribution is -0.0533. The number of pyridine rings is 1. The van der Waals surface area contributed by atoms with Crippen LogP contribution in [0.5, 0.6) is 0 Å². The van der Waals surface area contributed by atoms with Crippen LogP contribution in [0.2, 0.25) is 0 Å². The number of hydrogen-bond donors (Lipinski definition) is 6. The molecule has 1 aliphatic heterocycles. The quantitative estimate of drug-likeness (QED) is 0.253. The Labute approximate surface area is 178 Å². The van der Waals surface area contributed by atoms with E-state index in [2.05, 4.69) is 13.1 Å². The van der Waals surface area contributed by atoms with Crippen LogP contribution in [0, 0.1) is 0 Å². The van der Waals surface area contributed by atoms with E-state index in [1.807, 2.05) is 0 Å². The largest absolute Gasteiger partial charge is 0.490 e. The second-order valence-corrected chi connectivity index (χ2v) is 11.0. The molecule has 1 aromatic heterocycles. The fourth-order valence-corrected chi connectivity index (χ4v) is 6.00. The van der Waals surface area contributed by atoms with Gasteiger partial charge in [-0.05, 0) is 17.5 Å². The molecule has 0 radical (unpaired) electrons. The van der Waals surface area contributed by atoms with Crippen molar-refractivity contribution in [3.63, 3.8) is 0 Å². The van der Waals surface area contributed by atoms with Gasteiger partial charge in [-0.3, -0.25) is 13.9 Å². The zero-order valence-corrected chi connectivity index (χ0v) is 18.4. The highest BCUT2D eigenvalue weighted by Gasteiger charge is 2.46. The monoisotopic (exact) mass is 517 g/mol. The summed E-state index contributed by atoms with van der Waals surface area (Å²) < 4.78 is 51.7. The molecule has 1 saturated heterocycles. The third kappa shape index (κ3) is 5.99. The van der Waals surface area contributed by atoms with Crippen molar-refractivity contribution in [1.82, 2.24) is 4.57 Å². The van der Waals surface area contributed by atoms with E-state index in [1.165, 1.54) is 6.20 Å². The number of aliphatic hydroxyl groups is 2. The lowest BCUT2D eigenvalue weighted by atomic mass is 10.1. The smallest absolute Gasteiger partial charge is 0.387 e. The van der Waals surface area contributed by atoms with Crippen molar-refractivity contribution in [1.29, 1.82) is 0 Å². The SMILES string of the molecule is O=c1c2ccccc2ccn1[C@@H]1O[C@H](COP(=O)(O)OP(=O)(O)OP(=O)(O)O)[C@@H](O)[C@@H]1O. The lowest BCUT2D eigenvalue weighted by Gasteiger charge is -2.19. The first-order chi connectivity index (χ1) is 14.7. The van der Waals surface area contributed by atoms with Crippen LogP contribution in [-0.2, 0) is 31.6 Å². The molecule has 6 N–H and O–H groups in total. The molecule has 0 aliphatic carbocycles. The third-order valence-electron chi connectivity index (χ3n) is 4.27. The highest BCUT2D eigenvalue weighted by molar-refractivity contribution is 7.66. The molecule has 3 rings (SSSR count). The Morgan fingerprint density at radius 3 is 2.25 bits per heavy atom. The van der Waals surface area contributed by atoms with E-state index in [9.17, 15) is 33.6 Å². The summed E-state index contributed by atoms with van der Waals surface area (Å²) in [4.78, 5) is 48.3. The van der Waals surface area contributed by atoms with Crippen LogP contribution < -0.4 is 5.56 Å². The molecule has 2 unspecified atom stereocenters. The minimum absolute atomic E-state index is 0.303. The molecule has 178 valence electrons. The molecule has 2 aromatic rings. The minimum Gasteiger partial charge on any atom is -0.387 e. The van der Waals surface area contributed by atoms with Gasteiger partial charge in [-0.15, -0.1) is 0 Å². The fraction of sp³-hybridized carbons (Fsp3) is 0.357. The Hall–Kier alpha value is -1.28. The highest BCUT2D eigenvalue weighted by atomic mass is 31.3. The van der Waals surface area contributed by atoms with E-state index in [0.29, 0.717) is 10.8 Å². The highest BCUT2D eigenvalue weighted by Crippen LogP contribution is 2.66. The summed E-state index contributed by atoms with van der Waals surface area (Å²) in [7, 11) is -16.7. The van der Waals surface area contributed by atoms with Crippen LogP contribution in [0.1, 0.15) is 6.23 Å². The molecule has 18 heteroatoms. The maximum atomic E-state index is 12.7. The van der Waals surface area contributed by atoms with E-state index in [4.69, 9.17) is 19.4 Å². The molecule has 1 aliphatic rings. The van der Waals surface area contributed by atoms with Gasteiger partial charge in [0, 0.05) is 11.6 Å². The number of aliphatic hydroxyl groups excluding tert-OH is 2. The van der Waals surface area contributed by atoms with E-state index in [1.54, 1.807) is 30.3 Å². The number of ether oxygens (including phenoxy) is 1. The Balaban J connectivity index is 1.71. The Morgan fingerprint density at radius 2 is 1.59 bits per heavy atom. The van der Waals surface area contributed by atoms with Crippen molar-refractivity contribution in [2.75, 3.05) is 6.61 Å². The van der Waals surface area contributed by atoms with Gasteiger partial charge in [-0.1, -0.05) is 18.2 Å². The van der Waals surface area contributed by atoms with Crippen molar-refractivity contribution < 1.29 is 61.4 Å². The zero-order valence-electron chi connectivity index (χ0n) is 15.7. The molecule has 0 amide bonds. The van der Waals surface area contributed by atoms with Gasteiger partial charge in [0.15, 0.2) is 6.23 Å². The topological polar surface area (TPSA) is 232 Å². The van der Waals surface area contributed by atoms with Crippen molar-refractivity contribution in [2.24, 2.45) is 0 Å². The first-order valence-corrected chi connectivity index (χ1v) is 13.1. The second kappa shape index (κ2) is 9.16. The van der Waals surface area contributed by atoms with Crippen LogP contribution >= 0.6 is 23.5 Å². The van der Waals surface area contributed by atoms with Crippen LogP contribution in [0.4, 0.5) is 0 Å². The number of aromatic nitrogens is 1. The van der Waals surface area contributed by atoms with Crippen LogP contribution in [0.15, 0.2) is 41.3 Å². The van der Waals surface area contributed by atoms with Crippen molar-refractivity contribution in [2.45, 2.75) is 24.5 Å². The molecule has 1 aromatic carbocycles. The van der Waals surface area contributed by atoms with Gasteiger partial charge in [0.25, 0.3) is 5.56 Å². The molecule has 1 fully saturated rings. The molecule has 2 heterocycles. The number of phosphoric acid groups is 3. The van der Waals surface area contributed by atoms with Gasteiger partial charge in [0.05, 0.1) is 6.61 Å². The number of phosphoric ester groups is 1. The molecular weight excluding hydrogens is 499 g/mol. The summed E-state index contributed by atoms with van der Waals surface area (Å²) in [6, 6.07) is 8.14. The predicted molar refractivity (Wildman–Crippen MR) is 104 cm³/mol. The summed E-state index contributed by atoms with van der Waals surface area (Å²) in [6.45, 7) is -0.985. The Bertz CT molecular complexity index is 1190. The van der Waals surface area contributed by atoms with Gasteiger partial charge in [-0.2, -0.15) is 8.62 Å². The number of nitrogens with zero attached hydrogens (tertiary/aromatic N) is 1. The number of rotatable bonds is 8. The van der Waals surface area contributed by atoms with E-state index < -0.39 is 60.2 Å².